The van der Waals surface area contributed by atoms with Crippen LogP contribution in [0.2, 0.25) is 0 Å². The van der Waals surface area contributed by atoms with Crippen molar-refractivity contribution in [3.05, 3.63) is 54.1 Å². The molecule has 0 saturated heterocycles. The molecule has 0 fully saturated rings. The van der Waals surface area contributed by atoms with Gasteiger partial charge in [0.2, 0.25) is 0 Å². The average Bonchev–Trinajstić information content (AvgIpc) is 2.49. The van der Waals surface area contributed by atoms with Crippen LogP contribution < -0.4 is 15.4 Å². The van der Waals surface area contributed by atoms with E-state index in [1.54, 1.807) is 36.4 Å². The number of amides is 2. The molecule has 1 aliphatic rings. The smallest absolute Gasteiger partial charge is 0.275 e. The van der Waals surface area contributed by atoms with Crippen molar-refractivity contribution in [3.8, 4) is 5.75 Å². The van der Waals surface area contributed by atoms with Crippen molar-refractivity contribution in [2.24, 2.45) is 0 Å². The molecule has 1 atom stereocenters. The van der Waals surface area contributed by atoms with Gasteiger partial charge in [-0.1, -0.05) is 29.8 Å². The molecule has 1 aliphatic heterocycles. The van der Waals surface area contributed by atoms with Crippen LogP contribution in [0.25, 0.3) is 0 Å². The molecule has 21 heavy (non-hydrogen) atoms. The van der Waals surface area contributed by atoms with Gasteiger partial charge in [0.1, 0.15) is 5.75 Å². The van der Waals surface area contributed by atoms with Crippen molar-refractivity contribution in [1.29, 1.82) is 0 Å². The Kier molecular flexibility index (Phi) is 3.31. The molecule has 0 unspecified atom stereocenters. The number of rotatable bonds is 2. The number of aryl methyl sites for hydroxylation is 1. The molecular weight excluding hydrogens is 268 g/mol. The summed E-state index contributed by atoms with van der Waals surface area (Å²) in [6.07, 6.45) is -1.19. The second kappa shape index (κ2) is 5.28. The van der Waals surface area contributed by atoms with Crippen molar-refractivity contribution < 1.29 is 14.3 Å². The predicted molar refractivity (Wildman–Crippen MR) is 79.3 cm³/mol. The Bertz CT molecular complexity index is 695. The van der Waals surface area contributed by atoms with E-state index in [-0.39, 0.29) is 0 Å². The van der Waals surface area contributed by atoms with E-state index in [4.69, 9.17) is 4.74 Å². The molecule has 2 N–H and O–H groups in total. The zero-order valence-electron chi connectivity index (χ0n) is 11.4. The van der Waals surface area contributed by atoms with E-state index in [2.05, 4.69) is 10.6 Å². The minimum atomic E-state index is -1.19. The van der Waals surface area contributed by atoms with Gasteiger partial charge in [-0.2, -0.15) is 0 Å². The van der Waals surface area contributed by atoms with Crippen LogP contribution in [0.15, 0.2) is 48.5 Å². The molecule has 0 aliphatic carbocycles. The van der Waals surface area contributed by atoms with E-state index in [0.29, 0.717) is 17.1 Å². The lowest BCUT2D eigenvalue weighted by molar-refractivity contribution is -0.133. The Balaban J connectivity index is 1.76. The highest BCUT2D eigenvalue weighted by Crippen LogP contribution is 2.29. The Hall–Kier alpha value is -2.82. The van der Waals surface area contributed by atoms with E-state index in [1.165, 1.54) is 0 Å². The zero-order chi connectivity index (χ0) is 14.8. The highest BCUT2D eigenvalue weighted by molar-refractivity contribution is 6.15. The molecule has 2 aromatic carbocycles. The lowest BCUT2D eigenvalue weighted by atomic mass is 10.2. The Morgan fingerprint density at radius 2 is 1.86 bits per heavy atom. The van der Waals surface area contributed by atoms with Crippen LogP contribution in [-0.4, -0.2) is 17.9 Å². The Morgan fingerprint density at radius 3 is 2.62 bits per heavy atom. The normalized spacial score (nSPS) is 16.4. The van der Waals surface area contributed by atoms with Crippen LogP contribution in [0.4, 0.5) is 11.4 Å². The van der Waals surface area contributed by atoms with Crippen LogP contribution in [-0.2, 0) is 9.59 Å². The van der Waals surface area contributed by atoms with Crippen LogP contribution in [0, 0.1) is 6.92 Å². The summed E-state index contributed by atoms with van der Waals surface area (Å²) in [6.45, 7) is 1.96. The topological polar surface area (TPSA) is 67.4 Å². The van der Waals surface area contributed by atoms with Gasteiger partial charge in [-0.05, 0) is 31.2 Å². The fourth-order valence-corrected chi connectivity index (χ4v) is 2.07. The molecule has 2 amide bonds. The molecule has 5 heteroatoms. The second-order valence-corrected chi connectivity index (χ2v) is 4.84. The van der Waals surface area contributed by atoms with E-state index in [1.807, 2.05) is 19.1 Å². The highest BCUT2D eigenvalue weighted by atomic mass is 16.5. The van der Waals surface area contributed by atoms with Gasteiger partial charge in [0.05, 0.1) is 5.69 Å². The van der Waals surface area contributed by atoms with Gasteiger partial charge < -0.3 is 15.4 Å². The zero-order valence-corrected chi connectivity index (χ0v) is 11.4. The van der Waals surface area contributed by atoms with Crippen molar-refractivity contribution in [2.75, 3.05) is 10.6 Å². The van der Waals surface area contributed by atoms with Crippen LogP contribution in [0.5, 0.6) is 5.75 Å². The number of para-hydroxylation sites is 2. The molecule has 3 rings (SSSR count). The van der Waals surface area contributed by atoms with Crippen LogP contribution in [0.3, 0.4) is 0 Å². The standard InChI is InChI=1S/C16H14N2O3/c1-10-6-8-11(9-7-10)17-15(19)14-16(20)18-12-4-2-3-5-13(12)21-14/h2-9,14H,1H3,(H,17,19)(H,18,20)/t14-/m1/s1. The molecule has 0 bridgehead atoms. The first-order chi connectivity index (χ1) is 10.1. The number of carbonyl (C=O) groups is 2. The maximum absolute atomic E-state index is 12.2. The van der Waals surface area contributed by atoms with Crippen molar-refractivity contribution in [1.82, 2.24) is 0 Å². The first kappa shape index (κ1) is 13.2. The second-order valence-electron chi connectivity index (χ2n) is 4.84. The third-order valence-electron chi connectivity index (χ3n) is 3.19. The molecule has 1 heterocycles. The fraction of sp³-hybridized carbons (Fsp3) is 0.125. The van der Waals surface area contributed by atoms with E-state index >= 15 is 0 Å². The van der Waals surface area contributed by atoms with E-state index < -0.39 is 17.9 Å². The summed E-state index contributed by atoms with van der Waals surface area (Å²) in [7, 11) is 0. The minimum Gasteiger partial charge on any atom is -0.468 e. The molecule has 0 saturated carbocycles. The summed E-state index contributed by atoms with van der Waals surface area (Å²) < 4.78 is 5.48. The largest absolute Gasteiger partial charge is 0.468 e. The number of ether oxygens (including phenoxy) is 1. The Morgan fingerprint density at radius 1 is 1.14 bits per heavy atom. The van der Waals surface area contributed by atoms with Crippen molar-refractivity contribution >= 4 is 23.2 Å². The molecule has 106 valence electrons. The molecule has 0 radical (unpaired) electrons. The van der Waals surface area contributed by atoms with Gasteiger partial charge in [0.25, 0.3) is 17.9 Å². The van der Waals surface area contributed by atoms with Gasteiger partial charge >= 0.3 is 0 Å². The first-order valence-electron chi connectivity index (χ1n) is 6.57. The lowest BCUT2D eigenvalue weighted by Gasteiger charge is -2.24. The van der Waals surface area contributed by atoms with Gasteiger partial charge in [-0.15, -0.1) is 0 Å². The molecule has 0 spiro atoms. The highest BCUT2D eigenvalue weighted by Gasteiger charge is 2.33. The molecule has 5 nitrogen and oxygen atoms in total. The van der Waals surface area contributed by atoms with Crippen LogP contribution >= 0.6 is 0 Å². The van der Waals surface area contributed by atoms with Gasteiger partial charge in [0.15, 0.2) is 0 Å². The molecule has 2 aromatic rings. The summed E-state index contributed by atoms with van der Waals surface area (Å²) in [5, 5.41) is 5.34. The summed E-state index contributed by atoms with van der Waals surface area (Å²) >= 11 is 0. The number of benzene rings is 2. The Labute approximate surface area is 121 Å². The summed E-state index contributed by atoms with van der Waals surface area (Å²) in [5.41, 5.74) is 2.29. The minimum absolute atomic E-state index is 0.474. The number of hydrogen-bond donors (Lipinski definition) is 2. The maximum atomic E-state index is 12.2. The first-order valence-corrected chi connectivity index (χ1v) is 6.57. The van der Waals surface area contributed by atoms with Crippen LogP contribution in [0.1, 0.15) is 5.56 Å². The third kappa shape index (κ3) is 2.72. The number of anilines is 2. The fourth-order valence-electron chi connectivity index (χ4n) is 2.07. The van der Waals surface area contributed by atoms with Crippen molar-refractivity contribution in [3.63, 3.8) is 0 Å². The lowest BCUT2D eigenvalue weighted by Crippen LogP contribution is -2.45. The number of hydrogen-bond acceptors (Lipinski definition) is 3. The summed E-state index contributed by atoms with van der Waals surface area (Å²) in [4.78, 5) is 24.1. The summed E-state index contributed by atoms with van der Waals surface area (Å²) in [5.74, 6) is -0.481. The molecule has 0 aromatic heterocycles. The monoisotopic (exact) mass is 282 g/mol. The predicted octanol–water partition coefficient (Wildman–Crippen LogP) is 2.33. The summed E-state index contributed by atoms with van der Waals surface area (Å²) in [6, 6.07) is 14.3. The number of carbonyl (C=O) groups excluding carboxylic acids is 2. The average molecular weight is 282 g/mol. The molecular formula is C16H14N2O3. The van der Waals surface area contributed by atoms with E-state index in [9.17, 15) is 9.59 Å². The third-order valence-corrected chi connectivity index (χ3v) is 3.19. The number of fused-ring (bicyclic) bond motifs is 1. The van der Waals surface area contributed by atoms with E-state index in [0.717, 1.165) is 5.56 Å². The quantitative estimate of drug-likeness (QED) is 0.831. The van der Waals surface area contributed by atoms with Gasteiger partial charge in [-0.25, -0.2) is 0 Å². The maximum Gasteiger partial charge on any atom is 0.275 e. The SMILES string of the molecule is Cc1ccc(NC(=O)[C@H]2Oc3ccccc3NC2=O)cc1. The van der Waals surface area contributed by atoms with Gasteiger partial charge in [0, 0.05) is 5.69 Å². The van der Waals surface area contributed by atoms with Gasteiger partial charge in [-0.3, -0.25) is 9.59 Å². The van der Waals surface area contributed by atoms with Crippen molar-refractivity contribution in [2.45, 2.75) is 13.0 Å². The number of nitrogens with one attached hydrogen (secondary N) is 2.